The summed E-state index contributed by atoms with van der Waals surface area (Å²) in [7, 11) is 0. The zero-order chi connectivity index (χ0) is 15.5. The number of rotatable bonds is 4. The summed E-state index contributed by atoms with van der Waals surface area (Å²) >= 11 is 11.6. The number of nitrogens with one attached hydrogen (secondary N) is 1. The molecule has 1 aliphatic rings. The minimum Gasteiger partial charge on any atom is -0.481 e. The van der Waals surface area contributed by atoms with E-state index in [-0.39, 0.29) is 22.3 Å². The number of aliphatic carboxylic acids is 1. The Bertz CT molecular complexity index is 559. The molecule has 0 aromatic carbocycles. The number of nitrogens with zero attached hydrogens (tertiary/aromatic N) is 1. The quantitative estimate of drug-likeness (QED) is 0.823. The highest BCUT2D eigenvalue weighted by atomic mass is 35.5. The number of carboxylic acids is 1. The average molecular weight is 333 g/mol. The Balaban J connectivity index is 2.08. The summed E-state index contributed by atoms with van der Waals surface area (Å²) in [6.45, 7) is 0.745. The Morgan fingerprint density at radius 3 is 2.67 bits per heavy atom. The SMILES string of the molecule is O=C(NCC1(C(=O)O)CCOCC1)c1cc(Cl)ncc1Cl. The van der Waals surface area contributed by atoms with Crippen LogP contribution in [0.1, 0.15) is 23.2 Å². The molecule has 2 heterocycles. The number of pyridine rings is 1. The number of ether oxygens (including phenoxy) is 1. The van der Waals surface area contributed by atoms with Crippen LogP contribution in [0.4, 0.5) is 0 Å². The Hall–Kier alpha value is -1.37. The van der Waals surface area contributed by atoms with Crippen LogP contribution in [-0.2, 0) is 9.53 Å². The summed E-state index contributed by atoms with van der Waals surface area (Å²) in [5.74, 6) is -1.42. The lowest BCUT2D eigenvalue weighted by Gasteiger charge is -2.33. The van der Waals surface area contributed by atoms with Crippen molar-refractivity contribution in [2.24, 2.45) is 5.41 Å². The Morgan fingerprint density at radius 1 is 1.38 bits per heavy atom. The zero-order valence-corrected chi connectivity index (χ0v) is 12.6. The first-order valence-corrected chi connectivity index (χ1v) is 7.11. The van der Waals surface area contributed by atoms with Gasteiger partial charge in [-0.2, -0.15) is 0 Å². The van der Waals surface area contributed by atoms with Crippen LogP contribution < -0.4 is 5.32 Å². The van der Waals surface area contributed by atoms with Crippen molar-refractivity contribution in [1.82, 2.24) is 10.3 Å². The monoisotopic (exact) mass is 332 g/mol. The number of carboxylic acid groups (broad SMARTS) is 1. The van der Waals surface area contributed by atoms with Crippen molar-refractivity contribution in [3.63, 3.8) is 0 Å². The topological polar surface area (TPSA) is 88.5 Å². The molecule has 2 rings (SSSR count). The minimum absolute atomic E-state index is 0.0147. The second kappa shape index (κ2) is 6.60. The highest BCUT2D eigenvalue weighted by Gasteiger charge is 2.40. The maximum Gasteiger partial charge on any atom is 0.311 e. The van der Waals surface area contributed by atoms with Gasteiger partial charge < -0.3 is 15.2 Å². The standard InChI is InChI=1S/C13H14Cl2N2O4/c14-9-6-16-10(15)5-8(9)11(18)17-7-13(12(19)20)1-3-21-4-2-13/h5-6H,1-4,7H2,(H,17,18)(H,19,20). The fraction of sp³-hybridized carbons (Fsp3) is 0.462. The van der Waals surface area contributed by atoms with Gasteiger partial charge in [-0.1, -0.05) is 23.2 Å². The molecule has 0 saturated carbocycles. The van der Waals surface area contributed by atoms with E-state index in [9.17, 15) is 14.7 Å². The lowest BCUT2D eigenvalue weighted by atomic mass is 9.80. The molecule has 1 amide bonds. The summed E-state index contributed by atoms with van der Waals surface area (Å²) < 4.78 is 5.18. The van der Waals surface area contributed by atoms with Gasteiger partial charge in [0.15, 0.2) is 0 Å². The number of amides is 1. The molecule has 21 heavy (non-hydrogen) atoms. The Labute approximate surface area is 131 Å². The molecule has 1 aromatic heterocycles. The first kappa shape index (κ1) is 16.0. The molecule has 0 spiro atoms. The van der Waals surface area contributed by atoms with Gasteiger partial charge in [-0.05, 0) is 18.9 Å². The highest BCUT2D eigenvalue weighted by Crippen LogP contribution is 2.30. The number of carbonyl (C=O) groups is 2. The normalized spacial score (nSPS) is 17.2. The second-order valence-corrected chi connectivity index (χ2v) is 5.66. The van der Waals surface area contributed by atoms with Crippen LogP contribution in [0, 0.1) is 5.41 Å². The largest absolute Gasteiger partial charge is 0.481 e. The van der Waals surface area contributed by atoms with Crippen LogP contribution in [-0.4, -0.2) is 41.7 Å². The first-order chi connectivity index (χ1) is 9.94. The second-order valence-electron chi connectivity index (χ2n) is 4.87. The van der Waals surface area contributed by atoms with Crippen molar-refractivity contribution in [2.45, 2.75) is 12.8 Å². The summed E-state index contributed by atoms with van der Waals surface area (Å²) in [5, 5.41) is 12.3. The molecule has 1 fully saturated rings. The van der Waals surface area contributed by atoms with Crippen LogP contribution in [0.25, 0.3) is 0 Å². The molecule has 0 atom stereocenters. The third-order valence-corrected chi connectivity index (χ3v) is 4.07. The van der Waals surface area contributed by atoms with E-state index in [2.05, 4.69) is 10.3 Å². The van der Waals surface area contributed by atoms with Crippen molar-refractivity contribution in [3.8, 4) is 0 Å². The predicted octanol–water partition coefficient (Wildman–Crippen LogP) is 2.00. The summed E-state index contributed by atoms with van der Waals surface area (Å²) in [4.78, 5) is 27.4. The summed E-state index contributed by atoms with van der Waals surface area (Å²) in [6.07, 6.45) is 1.99. The Kier molecular flexibility index (Phi) is 5.03. The maximum absolute atomic E-state index is 12.1. The number of aromatic nitrogens is 1. The van der Waals surface area contributed by atoms with Gasteiger partial charge in [0.25, 0.3) is 5.91 Å². The van der Waals surface area contributed by atoms with Crippen molar-refractivity contribution in [2.75, 3.05) is 19.8 Å². The molecular weight excluding hydrogens is 319 g/mol. The van der Waals surface area contributed by atoms with Gasteiger partial charge in [-0.15, -0.1) is 0 Å². The molecule has 0 aliphatic carbocycles. The van der Waals surface area contributed by atoms with Crippen molar-refractivity contribution >= 4 is 35.1 Å². The zero-order valence-electron chi connectivity index (χ0n) is 11.1. The fourth-order valence-electron chi connectivity index (χ4n) is 2.16. The van der Waals surface area contributed by atoms with E-state index in [0.717, 1.165) is 0 Å². The van der Waals surface area contributed by atoms with Gasteiger partial charge in [0.05, 0.1) is 16.0 Å². The van der Waals surface area contributed by atoms with Crippen LogP contribution >= 0.6 is 23.2 Å². The van der Waals surface area contributed by atoms with Crippen LogP contribution in [0.3, 0.4) is 0 Å². The van der Waals surface area contributed by atoms with Gasteiger partial charge in [-0.25, -0.2) is 4.98 Å². The number of carbonyl (C=O) groups excluding carboxylic acids is 1. The molecule has 0 unspecified atom stereocenters. The molecule has 114 valence electrons. The van der Waals surface area contributed by atoms with Crippen molar-refractivity contribution in [1.29, 1.82) is 0 Å². The average Bonchev–Trinajstić information content (AvgIpc) is 2.48. The van der Waals surface area contributed by atoms with Gasteiger partial charge in [0.1, 0.15) is 5.15 Å². The van der Waals surface area contributed by atoms with E-state index in [0.29, 0.717) is 26.1 Å². The smallest absolute Gasteiger partial charge is 0.311 e. The lowest BCUT2D eigenvalue weighted by molar-refractivity contribution is -0.154. The van der Waals surface area contributed by atoms with E-state index in [1.54, 1.807) is 0 Å². The van der Waals surface area contributed by atoms with Gasteiger partial charge in [0.2, 0.25) is 0 Å². The van der Waals surface area contributed by atoms with E-state index in [1.807, 2.05) is 0 Å². The highest BCUT2D eigenvalue weighted by molar-refractivity contribution is 6.35. The third-order valence-electron chi connectivity index (χ3n) is 3.56. The van der Waals surface area contributed by atoms with E-state index in [1.165, 1.54) is 12.3 Å². The van der Waals surface area contributed by atoms with Crippen LogP contribution in [0.5, 0.6) is 0 Å². The predicted molar refractivity (Wildman–Crippen MR) is 76.7 cm³/mol. The molecule has 1 aliphatic heterocycles. The molecule has 6 nitrogen and oxygen atoms in total. The van der Waals surface area contributed by atoms with Gasteiger partial charge in [-0.3, -0.25) is 9.59 Å². The molecule has 1 saturated heterocycles. The molecule has 8 heteroatoms. The van der Waals surface area contributed by atoms with Crippen LogP contribution in [0.15, 0.2) is 12.3 Å². The fourth-order valence-corrected chi connectivity index (χ4v) is 2.51. The van der Waals surface area contributed by atoms with Gasteiger partial charge >= 0.3 is 5.97 Å². The summed E-state index contributed by atoms with van der Waals surface area (Å²) in [5.41, 5.74) is -0.832. The third kappa shape index (κ3) is 3.64. The molecular formula is C13H14Cl2N2O4. The maximum atomic E-state index is 12.1. The Morgan fingerprint density at radius 2 is 2.05 bits per heavy atom. The van der Waals surface area contributed by atoms with Crippen molar-refractivity contribution < 1.29 is 19.4 Å². The van der Waals surface area contributed by atoms with Crippen LogP contribution in [0.2, 0.25) is 10.2 Å². The van der Waals surface area contributed by atoms with Gasteiger partial charge in [0, 0.05) is 26.0 Å². The minimum atomic E-state index is -1.00. The number of halogens is 2. The molecule has 1 aromatic rings. The van der Waals surface area contributed by atoms with E-state index >= 15 is 0 Å². The van der Waals surface area contributed by atoms with E-state index < -0.39 is 17.3 Å². The van der Waals surface area contributed by atoms with E-state index in [4.69, 9.17) is 27.9 Å². The molecule has 2 N–H and O–H groups in total. The number of hydrogen-bond donors (Lipinski definition) is 2. The lowest BCUT2D eigenvalue weighted by Crippen LogP contribution is -2.46. The van der Waals surface area contributed by atoms with Crippen molar-refractivity contribution in [3.05, 3.63) is 28.0 Å². The molecule has 0 bridgehead atoms. The number of hydrogen-bond acceptors (Lipinski definition) is 4. The molecule has 0 radical (unpaired) electrons. The first-order valence-electron chi connectivity index (χ1n) is 6.35. The summed E-state index contributed by atoms with van der Waals surface area (Å²) in [6, 6.07) is 1.34.